The zero-order chi connectivity index (χ0) is 10.6. The van der Waals surface area contributed by atoms with Gasteiger partial charge in [-0.3, -0.25) is 4.79 Å². The molecule has 0 amide bonds. The Morgan fingerprint density at radius 2 is 2.29 bits per heavy atom. The molecule has 1 saturated heterocycles. The van der Waals surface area contributed by atoms with Crippen LogP contribution in [0.1, 0.15) is 27.2 Å². The predicted octanol–water partition coefficient (Wildman–Crippen LogP) is 1.23. The molecular formula is C11H21NO2. The Labute approximate surface area is 86.2 Å². The van der Waals surface area contributed by atoms with Gasteiger partial charge in [-0.1, -0.05) is 13.8 Å². The van der Waals surface area contributed by atoms with Crippen molar-refractivity contribution in [3.05, 3.63) is 0 Å². The van der Waals surface area contributed by atoms with Gasteiger partial charge >= 0.3 is 0 Å². The fourth-order valence-electron chi connectivity index (χ4n) is 2.10. The van der Waals surface area contributed by atoms with Crippen LogP contribution in [0.15, 0.2) is 0 Å². The molecule has 0 spiro atoms. The van der Waals surface area contributed by atoms with Gasteiger partial charge in [-0.05, 0) is 25.8 Å². The van der Waals surface area contributed by atoms with Gasteiger partial charge in [-0.2, -0.15) is 0 Å². The average molecular weight is 199 g/mol. The van der Waals surface area contributed by atoms with Crippen molar-refractivity contribution in [3.63, 3.8) is 0 Å². The highest BCUT2D eigenvalue weighted by Crippen LogP contribution is 2.35. The van der Waals surface area contributed by atoms with Gasteiger partial charge in [0.15, 0.2) is 5.78 Å². The number of carbonyl (C=O) groups is 1. The molecule has 0 radical (unpaired) electrons. The van der Waals surface area contributed by atoms with Crippen LogP contribution >= 0.6 is 0 Å². The van der Waals surface area contributed by atoms with Crippen LogP contribution in [0.3, 0.4) is 0 Å². The minimum atomic E-state index is -0.171. The Kier molecular flexibility index (Phi) is 4.08. The van der Waals surface area contributed by atoms with Crippen molar-refractivity contribution in [2.45, 2.75) is 27.2 Å². The lowest BCUT2D eigenvalue weighted by Crippen LogP contribution is -2.40. The van der Waals surface area contributed by atoms with Crippen LogP contribution in [0.5, 0.6) is 0 Å². The molecule has 1 atom stereocenters. The van der Waals surface area contributed by atoms with Crippen LogP contribution in [0.2, 0.25) is 0 Å². The number of ketones is 1. The van der Waals surface area contributed by atoms with Crippen LogP contribution < -0.4 is 5.32 Å². The lowest BCUT2D eigenvalue weighted by molar-refractivity contribution is -0.134. The van der Waals surface area contributed by atoms with E-state index in [1.807, 2.05) is 6.92 Å². The molecule has 1 N–H and O–H groups in total. The fourth-order valence-corrected chi connectivity index (χ4v) is 2.10. The van der Waals surface area contributed by atoms with Crippen molar-refractivity contribution >= 4 is 5.78 Å². The van der Waals surface area contributed by atoms with Gasteiger partial charge in [-0.25, -0.2) is 0 Å². The summed E-state index contributed by atoms with van der Waals surface area (Å²) in [6.45, 7) is 8.83. The van der Waals surface area contributed by atoms with E-state index in [1.54, 1.807) is 0 Å². The minimum Gasteiger partial charge on any atom is -0.374 e. The Morgan fingerprint density at radius 3 is 2.71 bits per heavy atom. The quantitative estimate of drug-likeness (QED) is 0.723. The SMILES string of the molecule is CCOCC(=O)C1(C(C)C)CCNC1. The lowest BCUT2D eigenvalue weighted by atomic mass is 9.73. The van der Waals surface area contributed by atoms with Crippen molar-refractivity contribution < 1.29 is 9.53 Å². The second kappa shape index (κ2) is 4.89. The fraction of sp³-hybridized carbons (Fsp3) is 0.909. The highest BCUT2D eigenvalue weighted by atomic mass is 16.5. The summed E-state index contributed by atoms with van der Waals surface area (Å²) in [4.78, 5) is 12.0. The molecular weight excluding hydrogens is 178 g/mol. The smallest absolute Gasteiger partial charge is 0.166 e. The van der Waals surface area contributed by atoms with Crippen LogP contribution in [0.4, 0.5) is 0 Å². The first-order chi connectivity index (χ1) is 6.63. The molecule has 0 saturated carbocycles. The van der Waals surface area contributed by atoms with Crippen molar-refractivity contribution in [3.8, 4) is 0 Å². The number of carbonyl (C=O) groups excluding carboxylic acids is 1. The van der Waals surface area contributed by atoms with Crippen molar-refractivity contribution in [1.29, 1.82) is 0 Å². The number of hydrogen-bond donors (Lipinski definition) is 1. The maximum absolute atomic E-state index is 12.0. The van der Waals surface area contributed by atoms with Gasteiger partial charge in [0.25, 0.3) is 0 Å². The molecule has 1 aliphatic heterocycles. The number of nitrogens with one attached hydrogen (secondary N) is 1. The lowest BCUT2D eigenvalue weighted by Gasteiger charge is -2.30. The second-order valence-electron chi connectivity index (χ2n) is 4.30. The van der Waals surface area contributed by atoms with E-state index in [2.05, 4.69) is 19.2 Å². The minimum absolute atomic E-state index is 0.171. The van der Waals surface area contributed by atoms with Crippen molar-refractivity contribution in [2.24, 2.45) is 11.3 Å². The second-order valence-corrected chi connectivity index (χ2v) is 4.30. The van der Waals surface area contributed by atoms with Crippen LogP contribution in [-0.2, 0) is 9.53 Å². The maximum Gasteiger partial charge on any atom is 0.166 e. The molecule has 1 unspecified atom stereocenters. The zero-order valence-electron chi connectivity index (χ0n) is 9.43. The van der Waals surface area contributed by atoms with Gasteiger partial charge < -0.3 is 10.1 Å². The summed E-state index contributed by atoms with van der Waals surface area (Å²) in [6, 6.07) is 0. The highest BCUT2D eigenvalue weighted by molar-refractivity contribution is 5.86. The highest BCUT2D eigenvalue weighted by Gasteiger charge is 2.43. The van der Waals surface area contributed by atoms with Crippen molar-refractivity contribution in [1.82, 2.24) is 5.32 Å². The molecule has 0 aromatic rings. The first-order valence-corrected chi connectivity index (χ1v) is 5.45. The summed E-state index contributed by atoms with van der Waals surface area (Å²) in [6.07, 6.45) is 0.955. The largest absolute Gasteiger partial charge is 0.374 e. The Morgan fingerprint density at radius 1 is 1.57 bits per heavy atom. The summed E-state index contributed by atoms with van der Waals surface area (Å²) >= 11 is 0. The van der Waals surface area contributed by atoms with E-state index in [-0.39, 0.29) is 17.8 Å². The topological polar surface area (TPSA) is 38.3 Å². The molecule has 0 aliphatic carbocycles. The summed E-state index contributed by atoms with van der Waals surface area (Å²) in [5.74, 6) is 0.657. The Hall–Kier alpha value is -0.410. The van der Waals surface area contributed by atoms with E-state index in [0.29, 0.717) is 12.5 Å². The standard InChI is InChI=1S/C11H21NO2/c1-4-14-7-10(13)11(9(2)3)5-6-12-8-11/h9,12H,4-8H2,1-3H3. The molecule has 1 heterocycles. The third-order valence-corrected chi connectivity index (χ3v) is 3.29. The molecule has 0 aromatic heterocycles. The zero-order valence-corrected chi connectivity index (χ0v) is 9.43. The summed E-state index contributed by atoms with van der Waals surface area (Å²) in [5, 5.41) is 3.28. The van der Waals surface area contributed by atoms with Crippen molar-refractivity contribution in [2.75, 3.05) is 26.3 Å². The van der Waals surface area contributed by atoms with Gasteiger partial charge in [0.1, 0.15) is 6.61 Å². The van der Waals surface area contributed by atoms with Gasteiger partial charge in [0.05, 0.1) is 0 Å². The maximum atomic E-state index is 12.0. The van der Waals surface area contributed by atoms with Crippen LogP contribution in [0.25, 0.3) is 0 Å². The molecule has 82 valence electrons. The third kappa shape index (κ3) is 2.15. The molecule has 0 bridgehead atoms. The number of ether oxygens (including phenoxy) is 1. The Balaban J connectivity index is 2.62. The molecule has 3 heteroatoms. The first kappa shape index (κ1) is 11.7. The monoisotopic (exact) mass is 199 g/mol. The van der Waals surface area contributed by atoms with Crippen LogP contribution in [0, 0.1) is 11.3 Å². The van der Waals surface area contributed by atoms with Gasteiger partial charge in [0, 0.05) is 18.6 Å². The summed E-state index contributed by atoms with van der Waals surface area (Å²) in [5.41, 5.74) is -0.171. The normalized spacial score (nSPS) is 27.1. The predicted molar refractivity (Wildman–Crippen MR) is 56.3 cm³/mol. The van der Waals surface area contributed by atoms with E-state index in [1.165, 1.54) is 0 Å². The molecule has 1 aliphatic rings. The molecule has 1 rings (SSSR count). The third-order valence-electron chi connectivity index (χ3n) is 3.29. The number of rotatable bonds is 5. The Bertz CT molecular complexity index is 195. The first-order valence-electron chi connectivity index (χ1n) is 5.45. The molecule has 1 fully saturated rings. The summed E-state index contributed by atoms with van der Waals surface area (Å²) in [7, 11) is 0. The molecule has 0 aromatic carbocycles. The molecule has 3 nitrogen and oxygen atoms in total. The van der Waals surface area contributed by atoms with E-state index >= 15 is 0 Å². The summed E-state index contributed by atoms with van der Waals surface area (Å²) < 4.78 is 5.21. The van der Waals surface area contributed by atoms with Crippen LogP contribution in [-0.4, -0.2) is 32.1 Å². The number of Topliss-reactive ketones (excluding diaryl/α,β-unsaturated/α-hetero) is 1. The van der Waals surface area contributed by atoms with E-state index < -0.39 is 0 Å². The van der Waals surface area contributed by atoms with E-state index in [9.17, 15) is 4.79 Å². The van der Waals surface area contributed by atoms with E-state index in [4.69, 9.17) is 4.74 Å². The van der Waals surface area contributed by atoms with E-state index in [0.717, 1.165) is 19.5 Å². The molecule has 14 heavy (non-hydrogen) atoms. The van der Waals surface area contributed by atoms with Gasteiger partial charge in [0.2, 0.25) is 0 Å². The number of hydrogen-bond acceptors (Lipinski definition) is 3. The average Bonchev–Trinajstić information content (AvgIpc) is 2.63. The van der Waals surface area contributed by atoms with Gasteiger partial charge in [-0.15, -0.1) is 0 Å².